The largest absolute Gasteiger partial charge is 0.243 e. The van der Waals surface area contributed by atoms with Crippen LogP contribution in [0.4, 0.5) is 0 Å². The number of rotatable bonds is 4. The molecule has 2 rings (SSSR count). The number of piperidine rings is 1. The van der Waals surface area contributed by atoms with Gasteiger partial charge < -0.3 is 0 Å². The first-order valence-electron chi connectivity index (χ1n) is 7.09. The van der Waals surface area contributed by atoms with Crippen LogP contribution < -0.4 is 0 Å². The van der Waals surface area contributed by atoms with Crippen molar-refractivity contribution in [3.05, 3.63) is 24.3 Å². The summed E-state index contributed by atoms with van der Waals surface area (Å²) in [5.41, 5.74) is 0. The van der Waals surface area contributed by atoms with Gasteiger partial charge in [-0.1, -0.05) is 13.3 Å². The predicted molar refractivity (Wildman–Crippen MR) is 81.4 cm³/mol. The van der Waals surface area contributed by atoms with Crippen LogP contribution in [0.5, 0.6) is 0 Å². The Morgan fingerprint density at radius 2 is 1.62 bits per heavy atom. The van der Waals surface area contributed by atoms with Crippen LogP contribution in [-0.2, 0) is 19.9 Å². The molecule has 7 heteroatoms. The highest BCUT2D eigenvalue weighted by molar-refractivity contribution is 7.90. The highest BCUT2D eigenvalue weighted by Crippen LogP contribution is 2.27. The maximum atomic E-state index is 12.7. The van der Waals surface area contributed by atoms with Crippen LogP contribution in [0.2, 0.25) is 0 Å². The summed E-state index contributed by atoms with van der Waals surface area (Å²) < 4.78 is 49.8. The number of hydrogen-bond acceptors (Lipinski definition) is 4. The average Bonchev–Trinajstić information content (AvgIpc) is 2.46. The Morgan fingerprint density at radius 3 is 2.14 bits per heavy atom. The van der Waals surface area contributed by atoms with Crippen molar-refractivity contribution in [2.75, 3.05) is 12.8 Å². The van der Waals surface area contributed by atoms with Gasteiger partial charge in [0, 0.05) is 18.8 Å². The molecule has 0 N–H and O–H groups in total. The molecule has 0 aliphatic carbocycles. The van der Waals surface area contributed by atoms with Gasteiger partial charge in [-0.15, -0.1) is 0 Å². The highest BCUT2D eigenvalue weighted by atomic mass is 32.2. The molecule has 1 heterocycles. The van der Waals surface area contributed by atoms with Gasteiger partial charge in [-0.25, -0.2) is 16.8 Å². The zero-order valence-electron chi connectivity index (χ0n) is 12.3. The van der Waals surface area contributed by atoms with Crippen LogP contribution in [-0.4, -0.2) is 40.0 Å². The molecule has 118 valence electrons. The Morgan fingerprint density at radius 1 is 1.05 bits per heavy atom. The Bertz CT molecular complexity index is 693. The lowest BCUT2D eigenvalue weighted by atomic mass is 10.0. The monoisotopic (exact) mass is 331 g/mol. The number of hydrogen-bond donors (Lipinski definition) is 0. The molecule has 1 unspecified atom stereocenters. The molecule has 1 aliphatic heterocycles. The first-order chi connectivity index (χ1) is 9.76. The Hall–Kier alpha value is -0.920. The molecule has 0 saturated carbocycles. The number of sulfonamides is 1. The SMILES string of the molecule is CCC1CCCCN1S(=O)(=O)c1ccc(S(C)(=O)=O)cc1. The van der Waals surface area contributed by atoms with E-state index in [-0.39, 0.29) is 15.8 Å². The predicted octanol–water partition coefficient (Wildman–Crippen LogP) is 2.04. The van der Waals surface area contributed by atoms with Crippen molar-refractivity contribution in [3.8, 4) is 0 Å². The van der Waals surface area contributed by atoms with Gasteiger partial charge in [0.05, 0.1) is 9.79 Å². The summed E-state index contributed by atoms with van der Waals surface area (Å²) in [5.74, 6) is 0. The van der Waals surface area contributed by atoms with Gasteiger partial charge in [0.25, 0.3) is 0 Å². The summed E-state index contributed by atoms with van der Waals surface area (Å²) in [4.78, 5) is 0.294. The molecule has 1 aromatic rings. The van der Waals surface area contributed by atoms with E-state index in [4.69, 9.17) is 0 Å². The zero-order chi connectivity index (χ0) is 15.7. The lowest BCUT2D eigenvalue weighted by Gasteiger charge is -2.34. The molecule has 0 spiro atoms. The van der Waals surface area contributed by atoms with Crippen molar-refractivity contribution in [3.63, 3.8) is 0 Å². The molecule has 0 aromatic heterocycles. The fraction of sp³-hybridized carbons (Fsp3) is 0.571. The molecule has 0 amide bonds. The van der Waals surface area contributed by atoms with E-state index in [1.165, 1.54) is 24.3 Å². The van der Waals surface area contributed by atoms with E-state index < -0.39 is 19.9 Å². The summed E-state index contributed by atoms with van der Waals surface area (Å²) in [6.45, 7) is 2.53. The molecule has 21 heavy (non-hydrogen) atoms. The van der Waals surface area contributed by atoms with Crippen molar-refractivity contribution in [1.29, 1.82) is 0 Å². The van der Waals surface area contributed by atoms with E-state index in [0.717, 1.165) is 31.9 Å². The van der Waals surface area contributed by atoms with Crippen LogP contribution in [0.1, 0.15) is 32.6 Å². The van der Waals surface area contributed by atoms with Gasteiger partial charge >= 0.3 is 0 Å². The van der Waals surface area contributed by atoms with Crippen LogP contribution >= 0.6 is 0 Å². The van der Waals surface area contributed by atoms with Gasteiger partial charge in [-0.2, -0.15) is 4.31 Å². The van der Waals surface area contributed by atoms with Crippen molar-refractivity contribution in [1.82, 2.24) is 4.31 Å². The number of sulfone groups is 1. The second-order valence-corrected chi connectivity index (χ2v) is 9.32. The Kier molecular flexibility index (Phi) is 4.75. The quantitative estimate of drug-likeness (QED) is 0.846. The third-order valence-electron chi connectivity index (χ3n) is 3.90. The normalized spacial score (nSPS) is 21.3. The van der Waals surface area contributed by atoms with Crippen molar-refractivity contribution < 1.29 is 16.8 Å². The van der Waals surface area contributed by atoms with E-state index in [0.29, 0.717) is 6.54 Å². The van der Waals surface area contributed by atoms with Crippen molar-refractivity contribution in [2.24, 2.45) is 0 Å². The van der Waals surface area contributed by atoms with Gasteiger partial charge in [-0.05, 0) is 43.5 Å². The lowest BCUT2D eigenvalue weighted by molar-refractivity contribution is 0.246. The van der Waals surface area contributed by atoms with Gasteiger partial charge in [0.2, 0.25) is 10.0 Å². The first-order valence-corrected chi connectivity index (χ1v) is 10.4. The minimum atomic E-state index is -3.55. The standard InChI is InChI=1S/C14H21NO4S2/c1-3-12-6-4-5-11-15(12)21(18,19)14-9-7-13(8-10-14)20(2,16)17/h7-10,12H,3-6,11H2,1-2H3. The van der Waals surface area contributed by atoms with Gasteiger partial charge in [-0.3, -0.25) is 0 Å². The van der Waals surface area contributed by atoms with Crippen LogP contribution in [0.25, 0.3) is 0 Å². The molecule has 1 saturated heterocycles. The van der Waals surface area contributed by atoms with E-state index in [9.17, 15) is 16.8 Å². The van der Waals surface area contributed by atoms with Crippen molar-refractivity contribution in [2.45, 2.75) is 48.4 Å². The maximum absolute atomic E-state index is 12.7. The molecule has 5 nitrogen and oxygen atoms in total. The minimum absolute atomic E-state index is 0.0401. The molecule has 0 radical (unpaired) electrons. The lowest BCUT2D eigenvalue weighted by Crippen LogP contribution is -2.43. The molecular formula is C14H21NO4S2. The highest BCUT2D eigenvalue weighted by Gasteiger charge is 2.32. The summed E-state index contributed by atoms with van der Waals surface area (Å²) >= 11 is 0. The van der Waals surface area contributed by atoms with Gasteiger partial charge in [0.15, 0.2) is 9.84 Å². The second kappa shape index (κ2) is 6.06. The topological polar surface area (TPSA) is 71.5 Å². The fourth-order valence-electron chi connectivity index (χ4n) is 2.69. The summed E-state index contributed by atoms with van der Waals surface area (Å²) in [7, 11) is -6.86. The molecule has 1 aliphatic rings. The van der Waals surface area contributed by atoms with Crippen molar-refractivity contribution >= 4 is 19.9 Å². The second-order valence-electron chi connectivity index (χ2n) is 5.42. The van der Waals surface area contributed by atoms with E-state index in [2.05, 4.69) is 0 Å². The summed E-state index contributed by atoms with van der Waals surface area (Å²) in [5, 5.41) is 0. The zero-order valence-corrected chi connectivity index (χ0v) is 14.0. The van der Waals surface area contributed by atoms with Gasteiger partial charge in [0.1, 0.15) is 0 Å². The average molecular weight is 331 g/mol. The van der Waals surface area contributed by atoms with Crippen LogP contribution in [0, 0.1) is 0 Å². The molecule has 0 bridgehead atoms. The maximum Gasteiger partial charge on any atom is 0.243 e. The van der Waals surface area contributed by atoms with E-state index in [1.807, 2.05) is 6.92 Å². The van der Waals surface area contributed by atoms with E-state index in [1.54, 1.807) is 4.31 Å². The van der Waals surface area contributed by atoms with Crippen LogP contribution in [0.3, 0.4) is 0 Å². The fourth-order valence-corrected chi connectivity index (χ4v) is 5.09. The molecular weight excluding hydrogens is 310 g/mol. The minimum Gasteiger partial charge on any atom is -0.224 e. The molecule has 1 atom stereocenters. The summed E-state index contributed by atoms with van der Waals surface area (Å²) in [6, 6.07) is 5.51. The van der Waals surface area contributed by atoms with E-state index >= 15 is 0 Å². The van der Waals surface area contributed by atoms with Crippen LogP contribution in [0.15, 0.2) is 34.1 Å². The molecule has 1 fully saturated rings. The smallest absolute Gasteiger partial charge is 0.224 e. The summed E-state index contributed by atoms with van der Waals surface area (Å²) in [6.07, 6.45) is 4.71. The third kappa shape index (κ3) is 3.46. The Labute approximate surface area is 126 Å². The number of nitrogens with zero attached hydrogens (tertiary/aromatic N) is 1. The number of benzene rings is 1. The Balaban J connectivity index is 2.35. The molecule has 1 aromatic carbocycles. The third-order valence-corrected chi connectivity index (χ3v) is 7.00. The first kappa shape index (κ1) is 16.5.